The van der Waals surface area contributed by atoms with Crippen molar-refractivity contribution in [3.8, 4) is 0 Å². The van der Waals surface area contributed by atoms with Crippen LogP contribution in [0.5, 0.6) is 0 Å². The first-order valence-electron chi connectivity index (χ1n) is 8.27. The number of esters is 1. The maximum absolute atomic E-state index is 12.1. The molecular weight excluding hydrogens is 322 g/mol. The molecule has 0 aliphatic rings. The maximum Gasteiger partial charge on any atom is 0.323 e. The quantitative estimate of drug-likeness (QED) is 0.695. The molecule has 0 saturated carbocycles. The summed E-state index contributed by atoms with van der Waals surface area (Å²) >= 11 is 0. The highest BCUT2D eigenvalue weighted by molar-refractivity contribution is 5.97. The standard InChI is InChI=1S/C18H27N3O4/c1-6-25-18(24)16(12(2)3)19-11-15(22)20-14-9-7-8-13(10-14)17(23)21(4)5/h7-10,12,16,19H,6,11H2,1-5H3,(H,20,22)/t16-/m1/s1. The fourth-order valence-electron chi connectivity index (χ4n) is 2.22. The minimum atomic E-state index is -0.549. The number of ether oxygens (including phenoxy) is 1. The fraction of sp³-hybridized carbons (Fsp3) is 0.500. The van der Waals surface area contributed by atoms with Gasteiger partial charge in [0.1, 0.15) is 6.04 Å². The van der Waals surface area contributed by atoms with Crippen LogP contribution in [-0.2, 0) is 14.3 Å². The monoisotopic (exact) mass is 349 g/mol. The number of carbonyl (C=O) groups excluding carboxylic acids is 3. The van der Waals surface area contributed by atoms with Gasteiger partial charge in [0.15, 0.2) is 0 Å². The van der Waals surface area contributed by atoms with Crippen molar-refractivity contribution in [2.75, 3.05) is 32.6 Å². The first kappa shape index (κ1) is 20.6. The zero-order valence-corrected chi connectivity index (χ0v) is 15.5. The summed E-state index contributed by atoms with van der Waals surface area (Å²) in [5.41, 5.74) is 1.01. The summed E-state index contributed by atoms with van der Waals surface area (Å²) in [6, 6.07) is 6.16. The molecule has 2 N–H and O–H groups in total. The second kappa shape index (κ2) is 9.78. The average molecular weight is 349 g/mol. The Kier molecular flexibility index (Phi) is 8.07. The van der Waals surface area contributed by atoms with E-state index < -0.39 is 6.04 Å². The van der Waals surface area contributed by atoms with Gasteiger partial charge in [0.25, 0.3) is 5.91 Å². The number of carbonyl (C=O) groups is 3. The van der Waals surface area contributed by atoms with Crippen LogP contribution < -0.4 is 10.6 Å². The number of nitrogens with zero attached hydrogens (tertiary/aromatic N) is 1. The highest BCUT2D eigenvalue weighted by atomic mass is 16.5. The van der Waals surface area contributed by atoms with E-state index in [1.807, 2.05) is 13.8 Å². The Morgan fingerprint density at radius 1 is 1.20 bits per heavy atom. The second-order valence-corrected chi connectivity index (χ2v) is 6.18. The SMILES string of the molecule is CCOC(=O)[C@H](NCC(=O)Nc1cccc(C(=O)N(C)C)c1)C(C)C. The molecule has 1 rings (SSSR count). The number of hydrogen-bond acceptors (Lipinski definition) is 5. The van der Waals surface area contributed by atoms with Crippen molar-refractivity contribution >= 4 is 23.5 Å². The minimum Gasteiger partial charge on any atom is -0.465 e. The average Bonchev–Trinajstić information content (AvgIpc) is 2.54. The van der Waals surface area contributed by atoms with Crippen molar-refractivity contribution in [3.05, 3.63) is 29.8 Å². The summed E-state index contributed by atoms with van der Waals surface area (Å²) in [5.74, 6) is -0.822. The lowest BCUT2D eigenvalue weighted by molar-refractivity contribution is -0.146. The van der Waals surface area contributed by atoms with E-state index in [9.17, 15) is 14.4 Å². The Hall–Kier alpha value is -2.41. The molecule has 1 aromatic carbocycles. The fourth-order valence-corrected chi connectivity index (χ4v) is 2.22. The number of hydrogen-bond donors (Lipinski definition) is 2. The smallest absolute Gasteiger partial charge is 0.323 e. The lowest BCUT2D eigenvalue weighted by Gasteiger charge is -2.20. The van der Waals surface area contributed by atoms with E-state index >= 15 is 0 Å². The van der Waals surface area contributed by atoms with E-state index in [0.717, 1.165) is 0 Å². The van der Waals surface area contributed by atoms with Crippen LogP contribution in [0.2, 0.25) is 0 Å². The van der Waals surface area contributed by atoms with Crippen molar-refractivity contribution in [2.45, 2.75) is 26.8 Å². The van der Waals surface area contributed by atoms with Crippen LogP contribution in [0.25, 0.3) is 0 Å². The Bertz CT molecular complexity index is 614. The molecular formula is C18H27N3O4. The molecule has 1 atom stereocenters. The van der Waals surface area contributed by atoms with Gasteiger partial charge >= 0.3 is 5.97 Å². The van der Waals surface area contributed by atoms with Crippen molar-refractivity contribution < 1.29 is 19.1 Å². The van der Waals surface area contributed by atoms with Crippen molar-refractivity contribution in [1.29, 1.82) is 0 Å². The van der Waals surface area contributed by atoms with Crippen LogP contribution >= 0.6 is 0 Å². The molecule has 0 saturated heterocycles. The summed E-state index contributed by atoms with van der Waals surface area (Å²) in [6.07, 6.45) is 0. The molecule has 7 nitrogen and oxygen atoms in total. The lowest BCUT2D eigenvalue weighted by Crippen LogP contribution is -2.45. The summed E-state index contributed by atoms with van der Waals surface area (Å²) in [4.78, 5) is 37.4. The summed E-state index contributed by atoms with van der Waals surface area (Å²) in [7, 11) is 3.33. The predicted octanol–water partition coefficient (Wildman–Crippen LogP) is 1.50. The van der Waals surface area contributed by atoms with Crippen molar-refractivity contribution in [2.24, 2.45) is 5.92 Å². The third-order valence-corrected chi connectivity index (χ3v) is 3.49. The molecule has 0 aliphatic carbocycles. The van der Waals surface area contributed by atoms with Gasteiger partial charge in [0.2, 0.25) is 5.91 Å². The molecule has 7 heteroatoms. The molecule has 0 bridgehead atoms. The van der Waals surface area contributed by atoms with Crippen LogP contribution in [0.15, 0.2) is 24.3 Å². The number of rotatable bonds is 8. The van der Waals surface area contributed by atoms with Gasteiger partial charge in [0.05, 0.1) is 13.2 Å². The van der Waals surface area contributed by atoms with E-state index in [1.165, 1.54) is 4.90 Å². The van der Waals surface area contributed by atoms with Gasteiger partial charge in [-0.2, -0.15) is 0 Å². The molecule has 0 radical (unpaired) electrons. The van der Waals surface area contributed by atoms with Crippen molar-refractivity contribution in [1.82, 2.24) is 10.2 Å². The third kappa shape index (κ3) is 6.54. The first-order chi connectivity index (χ1) is 11.8. The molecule has 0 unspecified atom stereocenters. The lowest BCUT2D eigenvalue weighted by atomic mass is 10.0. The number of anilines is 1. The van der Waals surface area contributed by atoms with Gasteiger partial charge in [-0.1, -0.05) is 19.9 Å². The zero-order chi connectivity index (χ0) is 19.0. The zero-order valence-electron chi connectivity index (χ0n) is 15.5. The van der Waals surface area contributed by atoms with Crippen molar-refractivity contribution in [3.63, 3.8) is 0 Å². The van der Waals surface area contributed by atoms with Gasteiger partial charge in [-0.05, 0) is 31.0 Å². The van der Waals surface area contributed by atoms with Crippen LogP contribution in [0.3, 0.4) is 0 Å². The van der Waals surface area contributed by atoms with Gasteiger partial charge in [-0.3, -0.25) is 19.7 Å². The second-order valence-electron chi connectivity index (χ2n) is 6.18. The molecule has 0 spiro atoms. The topological polar surface area (TPSA) is 87.7 Å². The number of amides is 2. The molecule has 0 fully saturated rings. The van der Waals surface area contributed by atoms with Gasteiger partial charge in [-0.15, -0.1) is 0 Å². The van der Waals surface area contributed by atoms with Gasteiger partial charge in [0, 0.05) is 25.3 Å². The largest absolute Gasteiger partial charge is 0.465 e. The summed E-state index contributed by atoms with van der Waals surface area (Å²) in [6.45, 7) is 5.76. The van der Waals surface area contributed by atoms with E-state index in [4.69, 9.17) is 4.74 Å². The molecule has 25 heavy (non-hydrogen) atoms. The van der Waals surface area contributed by atoms with Crippen LogP contribution in [0.4, 0.5) is 5.69 Å². The summed E-state index contributed by atoms with van der Waals surface area (Å²) in [5, 5.41) is 5.63. The van der Waals surface area contributed by atoms with Gasteiger partial charge in [-0.25, -0.2) is 0 Å². The molecule has 138 valence electrons. The Morgan fingerprint density at radius 2 is 1.88 bits per heavy atom. The molecule has 2 amide bonds. The van der Waals surface area contributed by atoms with Gasteiger partial charge < -0.3 is 15.0 Å². The van der Waals surface area contributed by atoms with Crippen LogP contribution in [-0.4, -0.2) is 56.0 Å². The third-order valence-electron chi connectivity index (χ3n) is 3.49. The van der Waals surface area contributed by atoms with Crippen LogP contribution in [0, 0.1) is 5.92 Å². The van der Waals surface area contributed by atoms with E-state index in [0.29, 0.717) is 17.9 Å². The Morgan fingerprint density at radius 3 is 2.44 bits per heavy atom. The molecule has 1 aromatic rings. The van der Waals surface area contributed by atoms with Crippen LogP contribution in [0.1, 0.15) is 31.1 Å². The number of benzene rings is 1. The van der Waals surface area contributed by atoms with E-state index in [1.54, 1.807) is 45.3 Å². The van der Waals surface area contributed by atoms with E-state index in [-0.39, 0.29) is 30.2 Å². The molecule has 0 aliphatic heterocycles. The normalized spacial score (nSPS) is 11.8. The molecule has 0 heterocycles. The molecule has 0 aromatic heterocycles. The maximum atomic E-state index is 12.1. The summed E-state index contributed by atoms with van der Waals surface area (Å²) < 4.78 is 5.01. The predicted molar refractivity (Wildman–Crippen MR) is 96.4 cm³/mol. The minimum absolute atomic E-state index is 0.00658. The first-order valence-corrected chi connectivity index (χ1v) is 8.27. The highest BCUT2D eigenvalue weighted by Crippen LogP contribution is 2.12. The van der Waals surface area contributed by atoms with E-state index in [2.05, 4.69) is 10.6 Å². The Balaban J connectivity index is 2.66. The number of nitrogens with one attached hydrogen (secondary N) is 2. The Labute approximate surface area is 148 Å². The highest BCUT2D eigenvalue weighted by Gasteiger charge is 2.23.